The quantitative estimate of drug-likeness (QED) is 0.156. The molecular weight excluding hydrogens is 523 g/mol. The zero-order valence-electron chi connectivity index (χ0n) is 20.2. The molecule has 9 heteroatoms. The molecule has 0 radical (unpaired) electrons. The number of carbonyl (C=O) groups excluding carboxylic acids is 1. The van der Waals surface area contributed by atoms with E-state index in [0.717, 1.165) is 33.0 Å². The minimum absolute atomic E-state index is 0.220. The van der Waals surface area contributed by atoms with Crippen LogP contribution < -0.4 is 19.6 Å². The summed E-state index contributed by atoms with van der Waals surface area (Å²) in [6, 6.07) is 14.4. The Kier molecular flexibility index (Phi) is 10.3. The number of nitrogens with zero attached hydrogens (tertiary/aromatic N) is 1. The number of rotatable bonds is 11. The Hall–Kier alpha value is -2.93. The number of halogens is 3. The Morgan fingerprint density at radius 3 is 2.39 bits per heavy atom. The molecule has 0 aliphatic heterocycles. The number of benzene rings is 3. The van der Waals surface area contributed by atoms with E-state index in [4.69, 9.17) is 49.0 Å². The van der Waals surface area contributed by atoms with Gasteiger partial charge in [-0.05, 0) is 85.5 Å². The number of nitrogens with one attached hydrogen (secondary N) is 1. The van der Waals surface area contributed by atoms with Crippen LogP contribution >= 0.6 is 34.8 Å². The van der Waals surface area contributed by atoms with Gasteiger partial charge in [-0.1, -0.05) is 34.8 Å². The Labute approximate surface area is 226 Å². The van der Waals surface area contributed by atoms with E-state index in [9.17, 15) is 4.79 Å². The Balaban J connectivity index is 1.49. The van der Waals surface area contributed by atoms with Crippen LogP contribution in [0.1, 0.15) is 35.1 Å². The summed E-state index contributed by atoms with van der Waals surface area (Å²) in [4.78, 5) is 12.1. The molecule has 190 valence electrons. The Bertz CT molecular complexity index is 1220. The molecule has 36 heavy (non-hydrogen) atoms. The minimum Gasteiger partial charge on any atom is -0.496 e. The summed E-state index contributed by atoms with van der Waals surface area (Å²) in [5.41, 5.74) is 6.07. The van der Waals surface area contributed by atoms with Crippen molar-refractivity contribution in [3.05, 3.63) is 85.9 Å². The SMILES string of the molecule is COc1ccc(C=NNC(=O)CCCOc2ccc(Cl)cc2Cl)cc1COc1cc(C)c(Cl)c(C)c1. The van der Waals surface area contributed by atoms with Crippen LogP contribution in [-0.2, 0) is 11.4 Å². The van der Waals surface area contributed by atoms with Crippen LogP contribution in [0.5, 0.6) is 17.2 Å². The Morgan fingerprint density at radius 2 is 1.69 bits per heavy atom. The predicted molar refractivity (Wildman–Crippen MR) is 145 cm³/mol. The van der Waals surface area contributed by atoms with Crippen molar-refractivity contribution < 1.29 is 19.0 Å². The number of aryl methyl sites for hydroxylation is 2. The van der Waals surface area contributed by atoms with Gasteiger partial charge in [0.25, 0.3) is 0 Å². The molecule has 0 aliphatic carbocycles. The largest absolute Gasteiger partial charge is 0.496 e. The Morgan fingerprint density at radius 1 is 0.972 bits per heavy atom. The lowest BCUT2D eigenvalue weighted by atomic mass is 10.1. The highest BCUT2D eigenvalue weighted by molar-refractivity contribution is 6.35. The van der Waals surface area contributed by atoms with E-state index in [-0.39, 0.29) is 12.3 Å². The lowest BCUT2D eigenvalue weighted by molar-refractivity contribution is -0.121. The fraction of sp³-hybridized carbons (Fsp3) is 0.259. The molecular formula is C27H27Cl3N2O4. The molecule has 0 aliphatic rings. The van der Waals surface area contributed by atoms with Crippen molar-refractivity contribution >= 4 is 46.9 Å². The van der Waals surface area contributed by atoms with Crippen molar-refractivity contribution in [1.29, 1.82) is 0 Å². The molecule has 0 aromatic heterocycles. The second-order valence-corrected chi connectivity index (χ2v) is 9.27. The molecule has 0 bridgehead atoms. The molecule has 0 spiro atoms. The fourth-order valence-corrected chi connectivity index (χ4v) is 3.96. The number of methoxy groups -OCH3 is 1. The summed E-state index contributed by atoms with van der Waals surface area (Å²) in [5, 5.41) is 5.75. The third-order valence-electron chi connectivity index (χ3n) is 5.21. The van der Waals surface area contributed by atoms with E-state index >= 15 is 0 Å². The zero-order chi connectivity index (χ0) is 26.1. The van der Waals surface area contributed by atoms with Gasteiger partial charge in [0.05, 0.1) is 25.0 Å². The standard InChI is InChI=1S/C27H27Cl3N2O4/c1-17-11-22(12-18(2)27(17)30)36-16-20-13-19(6-8-24(20)34-3)15-31-32-26(33)5-4-10-35-25-9-7-21(28)14-23(25)29/h6-9,11-15H,4-5,10,16H2,1-3H3,(H,32,33). The van der Waals surface area contributed by atoms with Crippen molar-refractivity contribution in [2.45, 2.75) is 33.3 Å². The van der Waals surface area contributed by atoms with Gasteiger partial charge in [-0.3, -0.25) is 4.79 Å². The molecule has 0 unspecified atom stereocenters. The van der Waals surface area contributed by atoms with Crippen molar-refractivity contribution in [2.75, 3.05) is 13.7 Å². The molecule has 1 N–H and O–H groups in total. The van der Waals surface area contributed by atoms with Crippen LogP contribution in [0.15, 0.2) is 53.6 Å². The summed E-state index contributed by atoms with van der Waals surface area (Å²) in [6.45, 7) is 4.52. The molecule has 0 fully saturated rings. The fourth-order valence-electron chi connectivity index (χ4n) is 3.38. The van der Waals surface area contributed by atoms with E-state index < -0.39 is 0 Å². The summed E-state index contributed by atoms with van der Waals surface area (Å²) < 4.78 is 17.0. The second-order valence-electron chi connectivity index (χ2n) is 8.05. The summed E-state index contributed by atoms with van der Waals surface area (Å²) in [6.07, 6.45) is 2.33. The number of hydrazone groups is 1. The summed E-state index contributed by atoms with van der Waals surface area (Å²) in [5.74, 6) is 1.73. The number of carbonyl (C=O) groups is 1. The van der Waals surface area contributed by atoms with E-state index in [2.05, 4.69) is 10.5 Å². The van der Waals surface area contributed by atoms with Gasteiger partial charge in [0.2, 0.25) is 5.91 Å². The van der Waals surface area contributed by atoms with Crippen LogP contribution in [0.25, 0.3) is 0 Å². The van der Waals surface area contributed by atoms with Crippen LogP contribution in [-0.4, -0.2) is 25.8 Å². The highest BCUT2D eigenvalue weighted by Crippen LogP contribution is 2.28. The lowest BCUT2D eigenvalue weighted by Gasteiger charge is -2.13. The van der Waals surface area contributed by atoms with Gasteiger partial charge in [-0.15, -0.1) is 0 Å². The average Bonchev–Trinajstić information content (AvgIpc) is 2.85. The van der Waals surface area contributed by atoms with E-state index in [1.807, 2.05) is 44.2 Å². The monoisotopic (exact) mass is 548 g/mol. The first-order valence-electron chi connectivity index (χ1n) is 11.2. The average molecular weight is 550 g/mol. The third kappa shape index (κ3) is 8.05. The van der Waals surface area contributed by atoms with E-state index in [1.54, 1.807) is 31.5 Å². The van der Waals surface area contributed by atoms with Crippen molar-refractivity contribution in [1.82, 2.24) is 5.43 Å². The molecule has 0 saturated carbocycles. The highest BCUT2D eigenvalue weighted by Gasteiger charge is 2.08. The molecule has 0 atom stereocenters. The minimum atomic E-state index is -0.220. The number of amides is 1. The molecule has 0 heterocycles. The van der Waals surface area contributed by atoms with E-state index in [0.29, 0.717) is 41.2 Å². The maximum atomic E-state index is 12.1. The van der Waals surface area contributed by atoms with Gasteiger partial charge in [-0.2, -0.15) is 5.10 Å². The van der Waals surface area contributed by atoms with Crippen LogP contribution in [0.4, 0.5) is 0 Å². The molecule has 0 saturated heterocycles. The van der Waals surface area contributed by atoms with Crippen LogP contribution in [0.3, 0.4) is 0 Å². The van der Waals surface area contributed by atoms with Gasteiger partial charge in [-0.25, -0.2) is 5.43 Å². The molecule has 6 nitrogen and oxygen atoms in total. The number of ether oxygens (including phenoxy) is 3. The maximum absolute atomic E-state index is 12.1. The zero-order valence-corrected chi connectivity index (χ0v) is 22.5. The molecule has 3 rings (SSSR count). The van der Waals surface area contributed by atoms with Gasteiger partial charge < -0.3 is 14.2 Å². The van der Waals surface area contributed by atoms with Crippen molar-refractivity contribution in [2.24, 2.45) is 5.10 Å². The van der Waals surface area contributed by atoms with Gasteiger partial charge in [0, 0.05) is 22.0 Å². The molecule has 3 aromatic rings. The molecule has 1 amide bonds. The second kappa shape index (κ2) is 13.4. The first kappa shape index (κ1) is 27.7. The van der Waals surface area contributed by atoms with Gasteiger partial charge in [0.1, 0.15) is 23.9 Å². The predicted octanol–water partition coefficient (Wildman–Crippen LogP) is 7.16. The highest BCUT2D eigenvalue weighted by atomic mass is 35.5. The van der Waals surface area contributed by atoms with Crippen molar-refractivity contribution in [3.8, 4) is 17.2 Å². The van der Waals surface area contributed by atoms with Gasteiger partial charge >= 0.3 is 0 Å². The lowest BCUT2D eigenvalue weighted by Crippen LogP contribution is -2.18. The van der Waals surface area contributed by atoms with Crippen LogP contribution in [0.2, 0.25) is 15.1 Å². The van der Waals surface area contributed by atoms with E-state index in [1.165, 1.54) is 0 Å². The summed E-state index contributed by atoms with van der Waals surface area (Å²) in [7, 11) is 1.61. The number of hydrogen-bond donors (Lipinski definition) is 1. The number of hydrogen-bond acceptors (Lipinski definition) is 5. The summed E-state index contributed by atoms with van der Waals surface area (Å²) >= 11 is 18.2. The third-order valence-corrected chi connectivity index (χ3v) is 6.34. The van der Waals surface area contributed by atoms with Crippen LogP contribution in [0, 0.1) is 13.8 Å². The topological polar surface area (TPSA) is 69.2 Å². The first-order chi connectivity index (χ1) is 17.3. The molecule has 3 aromatic carbocycles. The maximum Gasteiger partial charge on any atom is 0.240 e. The van der Waals surface area contributed by atoms with Gasteiger partial charge in [0.15, 0.2) is 0 Å². The normalized spacial score (nSPS) is 10.9. The van der Waals surface area contributed by atoms with Crippen molar-refractivity contribution in [3.63, 3.8) is 0 Å². The smallest absolute Gasteiger partial charge is 0.240 e. The first-order valence-corrected chi connectivity index (χ1v) is 12.4.